The Morgan fingerprint density at radius 1 is 0.941 bits per heavy atom. The summed E-state index contributed by atoms with van der Waals surface area (Å²) in [5.41, 5.74) is 2.44. The molecule has 1 aliphatic heterocycles. The summed E-state index contributed by atoms with van der Waals surface area (Å²) in [5.74, 6) is 1.02. The van der Waals surface area contributed by atoms with E-state index >= 15 is 0 Å². The highest BCUT2D eigenvalue weighted by Crippen LogP contribution is 2.36. The third kappa shape index (κ3) is 2.56. The smallest absolute Gasteiger partial charge is 0.135 e. The average Bonchev–Trinajstić information content (AvgIpc) is 2.40. The van der Waals surface area contributed by atoms with Gasteiger partial charge >= 0.3 is 0 Å². The van der Waals surface area contributed by atoms with Gasteiger partial charge in [-0.05, 0) is 23.8 Å². The predicted molar refractivity (Wildman–Crippen MR) is 77.1 cm³/mol. The van der Waals surface area contributed by atoms with Crippen molar-refractivity contribution in [2.45, 2.75) is 10.6 Å². The Morgan fingerprint density at radius 3 is 2.59 bits per heavy atom. The number of rotatable bonds is 1. The van der Waals surface area contributed by atoms with Crippen LogP contribution in [-0.4, -0.2) is 4.38 Å². The zero-order valence-corrected chi connectivity index (χ0v) is 10.8. The van der Waals surface area contributed by atoms with E-state index in [0.717, 1.165) is 15.8 Å². The minimum Gasteiger partial charge on any atom is -0.234 e. The third-order valence-corrected chi connectivity index (χ3v) is 4.67. The Morgan fingerprint density at radius 2 is 1.71 bits per heavy atom. The van der Waals surface area contributed by atoms with Crippen molar-refractivity contribution < 1.29 is 0 Å². The van der Waals surface area contributed by atoms with Gasteiger partial charge in [-0.25, -0.2) is 4.99 Å². The van der Waals surface area contributed by atoms with Crippen molar-refractivity contribution in [3.05, 3.63) is 60.2 Å². The highest BCUT2D eigenvalue weighted by molar-refractivity contribution is 8.38. The van der Waals surface area contributed by atoms with E-state index in [9.17, 15) is 0 Å². The lowest BCUT2D eigenvalue weighted by atomic mass is 10.2. The maximum Gasteiger partial charge on any atom is 0.135 e. The number of benzene rings is 2. The van der Waals surface area contributed by atoms with Crippen LogP contribution in [0.4, 0.5) is 5.69 Å². The van der Waals surface area contributed by atoms with E-state index in [1.165, 1.54) is 10.5 Å². The summed E-state index contributed by atoms with van der Waals surface area (Å²) >= 11 is 3.55. The van der Waals surface area contributed by atoms with Crippen LogP contribution in [0.1, 0.15) is 5.56 Å². The zero-order chi connectivity index (χ0) is 11.5. The second kappa shape index (κ2) is 4.98. The van der Waals surface area contributed by atoms with Gasteiger partial charge in [-0.3, -0.25) is 0 Å². The molecule has 17 heavy (non-hydrogen) atoms. The molecule has 0 radical (unpaired) electrons. The highest BCUT2D eigenvalue weighted by atomic mass is 32.2. The lowest BCUT2D eigenvalue weighted by Crippen LogP contribution is -1.95. The van der Waals surface area contributed by atoms with Crippen LogP contribution >= 0.6 is 23.5 Å². The molecule has 0 aliphatic carbocycles. The molecule has 1 heterocycles. The van der Waals surface area contributed by atoms with Gasteiger partial charge in [0.05, 0.1) is 5.69 Å². The van der Waals surface area contributed by atoms with Crippen LogP contribution in [0.15, 0.2) is 64.5 Å². The highest BCUT2D eigenvalue weighted by Gasteiger charge is 2.12. The standard InChI is InChI=1S/C14H11NS2/c1-2-7-12(8-3-1)17-14-15-13-9-5-4-6-11(13)10-16-14/h1-9H,10H2. The van der Waals surface area contributed by atoms with E-state index in [1.54, 1.807) is 11.8 Å². The molecule has 2 aromatic carbocycles. The molecule has 2 aromatic rings. The van der Waals surface area contributed by atoms with Crippen LogP contribution in [0.5, 0.6) is 0 Å². The number of fused-ring (bicyclic) bond motifs is 1. The lowest BCUT2D eigenvalue weighted by Gasteiger charge is -2.13. The molecule has 0 spiro atoms. The zero-order valence-electron chi connectivity index (χ0n) is 9.17. The molecule has 0 amide bonds. The van der Waals surface area contributed by atoms with Gasteiger partial charge in [0.25, 0.3) is 0 Å². The van der Waals surface area contributed by atoms with Crippen molar-refractivity contribution in [1.82, 2.24) is 0 Å². The summed E-state index contributed by atoms with van der Waals surface area (Å²) in [7, 11) is 0. The summed E-state index contributed by atoms with van der Waals surface area (Å²) in [6.07, 6.45) is 0. The van der Waals surface area contributed by atoms with Gasteiger partial charge in [-0.2, -0.15) is 0 Å². The Kier molecular flexibility index (Phi) is 3.20. The molecular formula is C14H11NS2. The molecular weight excluding hydrogens is 246 g/mol. The molecule has 3 rings (SSSR count). The van der Waals surface area contributed by atoms with E-state index < -0.39 is 0 Å². The number of thioether (sulfide) groups is 2. The molecule has 3 heteroatoms. The Hall–Kier alpha value is -1.19. The van der Waals surface area contributed by atoms with Crippen LogP contribution in [0, 0.1) is 0 Å². The summed E-state index contributed by atoms with van der Waals surface area (Å²) < 4.78 is 1.13. The molecule has 0 N–H and O–H groups in total. The van der Waals surface area contributed by atoms with Crippen molar-refractivity contribution in [3.63, 3.8) is 0 Å². The normalized spacial score (nSPS) is 14.0. The van der Waals surface area contributed by atoms with E-state index in [4.69, 9.17) is 0 Å². The molecule has 1 aliphatic rings. The van der Waals surface area contributed by atoms with Crippen molar-refractivity contribution in [1.29, 1.82) is 0 Å². The van der Waals surface area contributed by atoms with E-state index in [-0.39, 0.29) is 0 Å². The Labute approximate surface area is 109 Å². The van der Waals surface area contributed by atoms with Gasteiger partial charge in [0, 0.05) is 10.6 Å². The molecule has 0 bridgehead atoms. The van der Waals surface area contributed by atoms with Crippen molar-refractivity contribution >= 4 is 33.6 Å². The maximum absolute atomic E-state index is 4.68. The number of aliphatic imine (C=N–C) groups is 1. The number of hydrogen-bond donors (Lipinski definition) is 0. The fourth-order valence-corrected chi connectivity index (χ4v) is 3.68. The first-order valence-electron chi connectivity index (χ1n) is 5.44. The molecule has 0 aromatic heterocycles. The average molecular weight is 257 g/mol. The molecule has 1 nitrogen and oxygen atoms in total. The molecule has 0 saturated carbocycles. The van der Waals surface area contributed by atoms with E-state index in [0.29, 0.717) is 0 Å². The van der Waals surface area contributed by atoms with Gasteiger partial charge in [-0.15, -0.1) is 0 Å². The minimum absolute atomic E-state index is 1.02. The van der Waals surface area contributed by atoms with Gasteiger partial charge in [0.15, 0.2) is 0 Å². The fraction of sp³-hybridized carbons (Fsp3) is 0.0714. The Bertz CT molecular complexity index is 549. The SMILES string of the molecule is c1ccc(SC2=Nc3ccccc3CS2)cc1. The predicted octanol–water partition coefficient (Wildman–Crippen LogP) is 4.71. The number of hydrogen-bond acceptors (Lipinski definition) is 3. The van der Waals surface area contributed by atoms with Crippen LogP contribution in [0.25, 0.3) is 0 Å². The van der Waals surface area contributed by atoms with Crippen LogP contribution in [0.2, 0.25) is 0 Å². The second-order valence-electron chi connectivity index (χ2n) is 3.71. The monoisotopic (exact) mass is 257 g/mol. The topological polar surface area (TPSA) is 12.4 Å². The van der Waals surface area contributed by atoms with Crippen LogP contribution in [0.3, 0.4) is 0 Å². The van der Waals surface area contributed by atoms with Crippen molar-refractivity contribution in [2.24, 2.45) is 4.99 Å². The quantitative estimate of drug-likeness (QED) is 0.733. The van der Waals surface area contributed by atoms with E-state index in [1.807, 2.05) is 23.9 Å². The number of nitrogens with zero attached hydrogens (tertiary/aromatic N) is 1. The van der Waals surface area contributed by atoms with Gasteiger partial charge < -0.3 is 0 Å². The first kappa shape index (κ1) is 10.9. The molecule has 0 saturated heterocycles. The molecule has 84 valence electrons. The van der Waals surface area contributed by atoms with E-state index in [2.05, 4.69) is 47.5 Å². The van der Waals surface area contributed by atoms with Crippen molar-refractivity contribution in [3.8, 4) is 0 Å². The third-order valence-electron chi connectivity index (χ3n) is 2.50. The first-order valence-corrected chi connectivity index (χ1v) is 7.24. The van der Waals surface area contributed by atoms with Gasteiger partial charge in [-0.1, -0.05) is 59.9 Å². The number of para-hydroxylation sites is 1. The van der Waals surface area contributed by atoms with Gasteiger partial charge in [0.2, 0.25) is 0 Å². The van der Waals surface area contributed by atoms with Crippen LogP contribution < -0.4 is 0 Å². The molecule has 0 atom stereocenters. The largest absolute Gasteiger partial charge is 0.234 e. The van der Waals surface area contributed by atoms with Crippen LogP contribution in [-0.2, 0) is 5.75 Å². The first-order chi connectivity index (χ1) is 8.42. The van der Waals surface area contributed by atoms with Crippen molar-refractivity contribution in [2.75, 3.05) is 0 Å². The summed E-state index contributed by atoms with van der Waals surface area (Å²) in [4.78, 5) is 5.93. The second-order valence-corrected chi connectivity index (χ2v) is 5.99. The fourth-order valence-electron chi connectivity index (χ4n) is 1.65. The summed E-state index contributed by atoms with van der Waals surface area (Å²) in [6, 6.07) is 18.7. The minimum atomic E-state index is 1.02. The summed E-state index contributed by atoms with van der Waals surface area (Å²) in [6.45, 7) is 0. The lowest BCUT2D eigenvalue weighted by molar-refractivity contribution is 1.36. The van der Waals surface area contributed by atoms with Gasteiger partial charge in [0.1, 0.15) is 4.38 Å². The molecule has 0 fully saturated rings. The Balaban J connectivity index is 1.85. The molecule has 0 unspecified atom stereocenters. The maximum atomic E-state index is 4.68. The summed E-state index contributed by atoms with van der Waals surface area (Å²) in [5, 5.41) is 0.